The van der Waals surface area contributed by atoms with Crippen LogP contribution in [0.5, 0.6) is 17.2 Å². The Morgan fingerprint density at radius 1 is 0.949 bits per heavy atom. The molecule has 1 heterocycles. The first kappa shape index (κ1) is 28.6. The Morgan fingerprint density at radius 2 is 1.59 bits per heavy atom. The maximum Gasteiger partial charge on any atom is 0.338 e. The van der Waals surface area contributed by atoms with Gasteiger partial charge < -0.3 is 33.5 Å². The molecule has 2 atom stereocenters. The Kier molecular flexibility index (Phi) is 8.34. The van der Waals surface area contributed by atoms with E-state index in [-0.39, 0.29) is 53.9 Å². The van der Waals surface area contributed by atoms with Gasteiger partial charge in [-0.1, -0.05) is 57.0 Å². The number of ether oxygens (including phenoxy) is 6. The maximum absolute atomic E-state index is 14.4. The third kappa shape index (κ3) is 4.29. The zero-order valence-electron chi connectivity index (χ0n) is 23.3. The van der Waals surface area contributed by atoms with Gasteiger partial charge in [-0.3, -0.25) is 4.79 Å². The van der Waals surface area contributed by atoms with Gasteiger partial charge in [0.1, 0.15) is 0 Å². The minimum atomic E-state index is -2.40. The molecule has 2 aromatic carbocycles. The van der Waals surface area contributed by atoms with Gasteiger partial charge in [-0.15, -0.1) is 0 Å². The van der Waals surface area contributed by atoms with E-state index < -0.39 is 23.1 Å². The molecule has 2 unspecified atom stereocenters. The summed E-state index contributed by atoms with van der Waals surface area (Å²) in [5, 5.41) is 12.5. The first-order chi connectivity index (χ1) is 18.8. The normalized spacial score (nSPS) is 22.2. The number of carbonyl (C=O) groups excluding carboxylic acids is 2. The highest BCUT2D eigenvalue weighted by Crippen LogP contribution is 2.60. The molecule has 39 heavy (non-hydrogen) atoms. The van der Waals surface area contributed by atoms with Crippen LogP contribution in [-0.4, -0.2) is 64.1 Å². The molecule has 0 aromatic heterocycles. The minimum Gasteiger partial charge on any atom is -0.493 e. The SMILES string of the molecule is CCC(CC)CC(=O)C12OCCOC1(O)c1cc(OC)c(OC)c(OC)c1C(c1ccccc1)=C2C(=O)OC. The summed E-state index contributed by atoms with van der Waals surface area (Å²) in [6.45, 7) is 3.93. The molecule has 210 valence electrons. The van der Waals surface area contributed by atoms with Crippen molar-refractivity contribution >= 4 is 17.3 Å². The molecule has 2 aromatic rings. The van der Waals surface area contributed by atoms with Crippen molar-refractivity contribution in [1.29, 1.82) is 0 Å². The summed E-state index contributed by atoms with van der Waals surface area (Å²) in [7, 11) is 5.58. The molecule has 2 aliphatic rings. The van der Waals surface area contributed by atoms with Crippen LogP contribution in [0.1, 0.15) is 49.8 Å². The lowest BCUT2D eigenvalue weighted by Crippen LogP contribution is -2.67. The van der Waals surface area contributed by atoms with Crippen LogP contribution in [-0.2, 0) is 29.6 Å². The molecule has 0 radical (unpaired) electrons. The van der Waals surface area contributed by atoms with Gasteiger partial charge in [0.25, 0.3) is 0 Å². The second-order valence-electron chi connectivity index (χ2n) is 9.51. The summed E-state index contributed by atoms with van der Waals surface area (Å²) in [6, 6.07) is 10.6. The van der Waals surface area contributed by atoms with E-state index in [0.717, 1.165) is 12.8 Å². The largest absolute Gasteiger partial charge is 0.493 e. The summed E-state index contributed by atoms with van der Waals surface area (Å²) < 4.78 is 34.7. The van der Waals surface area contributed by atoms with Gasteiger partial charge in [-0.05, 0) is 17.5 Å². The molecular formula is C30H36O9. The van der Waals surface area contributed by atoms with Gasteiger partial charge in [0.2, 0.25) is 17.1 Å². The number of aliphatic hydroxyl groups is 1. The van der Waals surface area contributed by atoms with E-state index in [2.05, 4.69) is 0 Å². The van der Waals surface area contributed by atoms with Crippen LogP contribution in [0.2, 0.25) is 0 Å². The number of hydrogen-bond acceptors (Lipinski definition) is 9. The van der Waals surface area contributed by atoms with E-state index in [1.807, 2.05) is 32.0 Å². The summed E-state index contributed by atoms with van der Waals surface area (Å²) in [5.41, 5.74) is -1.03. The lowest BCUT2D eigenvalue weighted by atomic mass is 9.65. The van der Waals surface area contributed by atoms with Crippen LogP contribution >= 0.6 is 0 Å². The molecule has 1 fully saturated rings. The number of Topliss-reactive ketones (excluding diaryl/α,β-unsaturated/α-hetero) is 1. The van der Waals surface area contributed by atoms with Crippen molar-refractivity contribution in [2.45, 2.75) is 44.5 Å². The van der Waals surface area contributed by atoms with E-state index in [9.17, 15) is 14.7 Å². The van der Waals surface area contributed by atoms with Crippen LogP contribution in [0.25, 0.3) is 5.57 Å². The topological polar surface area (TPSA) is 110 Å². The number of carbonyl (C=O) groups is 2. The van der Waals surface area contributed by atoms with Gasteiger partial charge in [0, 0.05) is 23.1 Å². The standard InChI is InChI=1S/C30H36O9/c1-7-18(8-2)16-22(31)29-25(28(32)37-6)23(19-12-10-9-11-13-19)24-20(30(29,33)39-15-14-38-29)17-21(34-3)26(35-4)27(24)36-5/h9-13,17-18,33H,7-8,14-16H2,1-6H3. The Labute approximate surface area is 228 Å². The predicted octanol–water partition coefficient (Wildman–Crippen LogP) is 4.03. The van der Waals surface area contributed by atoms with Crippen LogP contribution in [0.3, 0.4) is 0 Å². The average molecular weight is 541 g/mol. The van der Waals surface area contributed by atoms with Crippen LogP contribution in [0.4, 0.5) is 0 Å². The van der Waals surface area contributed by atoms with E-state index in [1.54, 1.807) is 18.2 Å². The molecule has 9 heteroatoms. The van der Waals surface area contributed by atoms with E-state index in [1.165, 1.54) is 28.4 Å². The molecule has 1 aliphatic heterocycles. The summed E-state index contributed by atoms with van der Waals surface area (Å²) in [5.74, 6) is -3.04. The monoisotopic (exact) mass is 540 g/mol. The quantitative estimate of drug-likeness (QED) is 0.447. The zero-order chi connectivity index (χ0) is 28.4. The highest BCUT2D eigenvalue weighted by Gasteiger charge is 2.69. The lowest BCUT2D eigenvalue weighted by Gasteiger charge is -2.52. The van der Waals surface area contributed by atoms with E-state index in [0.29, 0.717) is 16.7 Å². The second-order valence-corrected chi connectivity index (χ2v) is 9.51. The molecule has 1 saturated heterocycles. The third-order valence-electron chi connectivity index (χ3n) is 7.71. The molecular weight excluding hydrogens is 504 g/mol. The molecule has 0 amide bonds. The molecule has 0 bridgehead atoms. The number of methoxy groups -OCH3 is 4. The van der Waals surface area contributed by atoms with Gasteiger partial charge >= 0.3 is 5.97 Å². The molecule has 1 aliphatic carbocycles. The van der Waals surface area contributed by atoms with Crippen LogP contribution in [0, 0.1) is 5.92 Å². The zero-order valence-corrected chi connectivity index (χ0v) is 23.3. The predicted molar refractivity (Wildman–Crippen MR) is 143 cm³/mol. The molecule has 0 saturated carbocycles. The van der Waals surface area contributed by atoms with Crippen molar-refractivity contribution in [3.8, 4) is 17.2 Å². The second kappa shape index (κ2) is 11.4. The van der Waals surface area contributed by atoms with Crippen molar-refractivity contribution in [2.24, 2.45) is 5.92 Å². The Bertz CT molecular complexity index is 1260. The number of esters is 1. The molecule has 1 N–H and O–H groups in total. The van der Waals surface area contributed by atoms with Gasteiger partial charge in [0.05, 0.1) is 47.2 Å². The first-order valence-corrected chi connectivity index (χ1v) is 13.0. The number of ketones is 1. The Hall–Kier alpha value is -3.40. The summed E-state index contributed by atoms with van der Waals surface area (Å²) in [4.78, 5) is 28.2. The number of benzene rings is 2. The Morgan fingerprint density at radius 3 is 2.15 bits per heavy atom. The smallest absolute Gasteiger partial charge is 0.338 e. The number of fused-ring (bicyclic) bond motifs is 3. The number of rotatable bonds is 10. The fourth-order valence-electron chi connectivity index (χ4n) is 5.70. The molecule has 4 rings (SSSR count). The minimum absolute atomic E-state index is 0.00191. The van der Waals surface area contributed by atoms with Gasteiger partial charge in [0.15, 0.2) is 17.3 Å². The van der Waals surface area contributed by atoms with E-state index in [4.69, 9.17) is 28.4 Å². The van der Waals surface area contributed by atoms with Crippen molar-refractivity contribution < 1.29 is 43.1 Å². The van der Waals surface area contributed by atoms with Crippen molar-refractivity contribution in [3.05, 3.63) is 58.7 Å². The van der Waals surface area contributed by atoms with Gasteiger partial charge in [-0.2, -0.15) is 0 Å². The fraction of sp³-hybridized carbons (Fsp3) is 0.467. The van der Waals surface area contributed by atoms with Crippen LogP contribution in [0.15, 0.2) is 42.0 Å². The van der Waals surface area contributed by atoms with Crippen molar-refractivity contribution in [2.75, 3.05) is 41.7 Å². The number of hydrogen-bond donors (Lipinski definition) is 1. The maximum atomic E-state index is 14.4. The van der Waals surface area contributed by atoms with Crippen molar-refractivity contribution in [3.63, 3.8) is 0 Å². The fourth-order valence-corrected chi connectivity index (χ4v) is 5.70. The molecule has 9 nitrogen and oxygen atoms in total. The Balaban J connectivity index is 2.25. The van der Waals surface area contributed by atoms with Crippen LogP contribution < -0.4 is 14.2 Å². The highest BCUT2D eigenvalue weighted by atomic mass is 16.7. The van der Waals surface area contributed by atoms with Gasteiger partial charge in [-0.25, -0.2) is 4.79 Å². The third-order valence-corrected chi connectivity index (χ3v) is 7.71. The average Bonchev–Trinajstić information content (AvgIpc) is 2.97. The van der Waals surface area contributed by atoms with Crippen molar-refractivity contribution in [1.82, 2.24) is 0 Å². The summed E-state index contributed by atoms with van der Waals surface area (Å²) in [6.07, 6.45) is 1.52. The van der Waals surface area contributed by atoms with E-state index >= 15 is 0 Å². The lowest BCUT2D eigenvalue weighted by molar-refractivity contribution is -0.335. The highest BCUT2D eigenvalue weighted by molar-refractivity contribution is 6.14. The molecule has 0 spiro atoms. The summed E-state index contributed by atoms with van der Waals surface area (Å²) >= 11 is 0. The first-order valence-electron chi connectivity index (χ1n) is 13.0.